The van der Waals surface area contributed by atoms with Gasteiger partial charge in [-0.2, -0.15) is 0 Å². The fraction of sp³-hybridized carbons (Fsp3) is 0.375. The number of likely N-dealkylation sites (N-methyl/N-ethyl adjacent to an activating group) is 1. The summed E-state index contributed by atoms with van der Waals surface area (Å²) in [5, 5.41) is 0. The molecule has 1 fully saturated rings. The number of carbonyl (C=O) groups excluding carboxylic acids is 3. The number of halogens is 1. The molecule has 1 heterocycles. The second-order valence-corrected chi connectivity index (χ2v) is 7.80. The van der Waals surface area contributed by atoms with Gasteiger partial charge in [-0.1, -0.05) is 30.3 Å². The summed E-state index contributed by atoms with van der Waals surface area (Å²) in [7, 11) is 1.68. The average molecular weight is 426 g/mol. The lowest BCUT2D eigenvalue weighted by molar-refractivity contribution is -0.156. The normalized spacial score (nSPS) is 17.0. The molecule has 0 aliphatic carbocycles. The zero-order valence-corrected chi connectivity index (χ0v) is 17.8. The van der Waals surface area contributed by atoms with Gasteiger partial charge in [0.05, 0.1) is 12.0 Å². The van der Waals surface area contributed by atoms with Gasteiger partial charge in [0, 0.05) is 25.7 Å². The third-order valence-corrected chi connectivity index (χ3v) is 5.73. The largest absolute Gasteiger partial charge is 0.455 e. The van der Waals surface area contributed by atoms with Crippen LogP contribution in [0.1, 0.15) is 41.7 Å². The number of benzene rings is 2. The first kappa shape index (κ1) is 22.5. The van der Waals surface area contributed by atoms with Gasteiger partial charge in [0.1, 0.15) is 5.82 Å². The van der Waals surface area contributed by atoms with Gasteiger partial charge >= 0.3 is 5.97 Å². The molecule has 0 bridgehead atoms. The highest BCUT2D eigenvalue weighted by Gasteiger charge is 2.30. The van der Waals surface area contributed by atoms with E-state index >= 15 is 0 Å². The van der Waals surface area contributed by atoms with Crippen LogP contribution in [-0.4, -0.2) is 54.3 Å². The number of carbonyl (C=O) groups is 3. The number of amides is 2. The standard InChI is InChI=1S/C24H27FN2O4/c1-17(18-7-4-3-5-8-18)26(2)22(28)16-31-24(30)20-9-6-14-27(15-20)23(29)19-10-12-21(25)13-11-19/h3-5,7-8,10-13,17,20H,6,9,14-16H2,1-2H3. The second kappa shape index (κ2) is 10.2. The second-order valence-electron chi connectivity index (χ2n) is 7.80. The lowest BCUT2D eigenvalue weighted by Crippen LogP contribution is -2.43. The van der Waals surface area contributed by atoms with Gasteiger partial charge in [-0.05, 0) is 49.6 Å². The molecule has 2 unspecified atom stereocenters. The van der Waals surface area contributed by atoms with Crippen molar-refractivity contribution in [2.75, 3.05) is 26.7 Å². The average Bonchev–Trinajstić information content (AvgIpc) is 2.82. The lowest BCUT2D eigenvalue weighted by Gasteiger charge is -2.32. The molecule has 0 spiro atoms. The Morgan fingerprint density at radius 2 is 1.81 bits per heavy atom. The Balaban J connectivity index is 1.52. The summed E-state index contributed by atoms with van der Waals surface area (Å²) in [5.41, 5.74) is 1.37. The van der Waals surface area contributed by atoms with Crippen LogP contribution in [0.2, 0.25) is 0 Å². The predicted molar refractivity (Wildman–Crippen MR) is 114 cm³/mol. The minimum atomic E-state index is -0.484. The highest BCUT2D eigenvalue weighted by atomic mass is 19.1. The summed E-state index contributed by atoms with van der Waals surface area (Å²) >= 11 is 0. The van der Waals surface area contributed by atoms with Gasteiger partial charge < -0.3 is 14.5 Å². The molecule has 164 valence electrons. The van der Waals surface area contributed by atoms with E-state index in [4.69, 9.17) is 4.74 Å². The Morgan fingerprint density at radius 1 is 1.13 bits per heavy atom. The van der Waals surface area contributed by atoms with E-state index in [0.717, 1.165) is 5.56 Å². The maximum Gasteiger partial charge on any atom is 0.311 e. The van der Waals surface area contributed by atoms with Gasteiger partial charge in [0.25, 0.3) is 11.8 Å². The van der Waals surface area contributed by atoms with Gasteiger partial charge in [-0.3, -0.25) is 14.4 Å². The Labute approximate surface area is 181 Å². The van der Waals surface area contributed by atoms with Crippen molar-refractivity contribution in [1.29, 1.82) is 0 Å². The van der Waals surface area contributed by atoms with Crippen LogP contribution in [0, 0.1) is 11.7 Å². The number of nitrogens with zero attached hydrogens (tertiary/aromatic N) is 2. The van der Waals surface area contributed by atoms with Crippen LogP contribution in [-0.2, 0) is 14.3 Å². The third-order valence-electron chi connectivity index (χ3n) is 5.73. The topological polar surface area (TPSA) is 66.9 Å². The highest BCUT2D eigenvalue weighted by molar-refractivity contribution is 5.94. The summed E-state index contributed by atoms with van der Waals surface area (Å²) in [5.74, 6) is -1.91. The zero-order valence-electron chi connectivity index (χ0n) is 17.8. The molecule has 2 amide bonds. The molecule has 2 aromatic rings. The van der Waals surface area contributed by atoms with Crippen molar-refractivity contribution in [2.24, 2.45) is 5.92 Å². The van der Waals surface area contributed by atoms with Crippen molar-refractivity contribution in [1.82, 2.24) is 9.80 Å². The molecule has 0 radical (unpaired) electrons. The fourth-order valence-corrected chi connectivity index (χ4v) is 3.65. The number of hydrogen-bond donors (Lipinski definition) is 0. The number of esters is 1. The number of ether oxygens (including phenoxy) is 1. The van der Waals surface area contributed by atoms with Crippen molar-refractivity contribution in [2.45, 2.75) is 25.8 Å². The smallest absolute Gasteiger partial charge is 0.311 e. The van der Waals surface area contributed by atoms with Crippen LogP contribution in [0.4, 0.5) is 4.39 Å². The lowest BCUT2D eigenvalue weighted by atomic mass is 9.97. The van der Waals surface area contributed by atoms with Crippen LogP contribution < -0.4 is 0 Å². The zero-order chi connectivity index (χ0) is 22.4. The van der Waals surface area contributed by atoms with Crippen LogP contribution in [0.5, 0.6) is 0 Å². The molecule has 3 rings (SSSR count). The van der Waals surface area contributed by atoms with Crippen molar-refractivity contribution in [3.05, 3.63) is 71.5 Å². The van der Waals surface area contributed by atoms with Crippen molar-refractivity contribution >= 4 is 17.8 Å². The molecule has 0 N–H and O–H groups in total. The van der Waals surface area contributed by atoms with Gasteiger partial charge in [0.15, 0.2) is 6.61 Å². The molecule has 0 saturated carbocycles. The van der Waals surface area contributed by atoms with Crippen LogP contribution in [0.25, 0.3) is 0 Å². The van der Waals surface area contributed by atoms with Gasteiger partial charge in [-0.25, -0.2) is 4.39 Å². The van der Waals surface area contributed by atoms with E-state index in [9.17, 15) is 18.8 Å². The first-order valence-electron chi connectivity index (χ1n) is 10.4. The summed E-state index contributed by atoms with van der Waals surface area (Å²) in [6, 6.07) is 14.8. The quantitative estimate of drug-likeness (QED) is 0.664. The Bertz CT molecular complexity index is 917. The Kier molecular flexibility index (Phi) is 7.39. The van der Waals surface area contributed by atoms with Crippen LogP contribution >= 0.6 is 0 Å². The molecule has 31 heavy (non-hydrogen) atoms. The number of piperidine rings is 1. The maximum absolute atomic E-state index is 13.1. The van der Waals surface area contributed by atoms with Crippen molar-refractivity contribution in [3.63, 3.8) is 0 Å². The van der Waals surface area contributed by atoms with Crippen LogP contribution in [0.3, 0.4) is 0 Å². The molecule has 1 saturated heterocycles. The third kappa shape index (κ3) is 5.69. The first-order valence-corrected chi connectivity index (χ1v) is 10.4. The monoisotopic (exact) mass is 426 g/mol. The molecule has 2 atom stereocenters. The van der Waals surface area contributed by atoms with Crippen LogP contribution in [0.15, 0.2) is 54.6 Å². The molecule has 7 heteroatoms. The molecule has 0 aromatic heterocycles. The summed E-state index contributed by atoms with van der Waals surface area (Å²) in [6.07, 6.45) is 1.25. The van der Waals surface area contributed by atoms with Gasteiger partial charge in [-0.15, -0.1) is 0 Å². The fourth-order valence-electron chi connectivity index (χ4n) is 3.65. The minimum absolute atomic E-state index is 0.147. The molecule has 6 nitrogen and oxygen atoms in total. The van der Waals surface area contributed by atoms with E-state index < -0.39 is 17.7 Å². The molecule has 1 aliphatic rings. The minimum Gasteiger partial charge on any atom is -0.455 e. The molecular formula is C24H27FN2O4. The van der Waals surface area contributed by atoms with Crippen molar-refractivity contribution in [3.8, 4) is 0 Å². The number of likely N-dealkylation sites (tertiary alicyclic amines) is 1. The number of hydrogen-bond acceptors (Lipinski definition) is 4. The van der Waals surface area contributed by atoms with E-state index in [1.54, 1.807) is 16.8 Å². The first-order chi connectivity index (χ1) is 14.9. The maximum atomic E-state index is 13.1. The molecular weight excluding hydrogens is 399 g/mol. The molecule has 2 aromatic carbocycles. The predicted octanol–water partition coefficient (Wildman–Crippen LogP) is 3.44. The van der Waals surface area contributed by atoms with E-state index in [1.807, 2.05) is 37.3 Å². The summed E-state index contributed by atoms with van der Waals surface area (Å²) in [6.45, 7) is 2.32. The molecule has 1 aliphatic heterocycles. The SMILES string of the molecule is CC(c1ccccc1)N(C)C(=O)COC(=O)C1CCCN(C(=O)c2ccc(F)cc2)C1. The Hall–Kier alpha value is -3.22. The van der Waals surface area contributed by atoms with Gasteiger partial charge in [0.2, 0.25) is 0 Å². The number of rotatable bonds is 6. The van der Waals surface area contributed by atoms with E-state index in [2.05, 4.69) is 0 Å². The summed E-state index contributed by atoms with van der Waals surface area (Å²) in [4.78, 5) is 40.8. The van der Waals surface area contributed by atoms with E-state index in [1.165, 1.54) is 24.3 Å². The van der Waals surface area contributed by atoms with E-state index in [0.29, 0.717) is 24.9 Å². The highest BCUT2D eigenvalue weighted by Crippen LogP contribution is 2.21. The van der Waals surface area contributed by atoms with E-state index in [-0.39, 0.29) is 31.0 Å². The Morgan fingerprint density at radius 3 is 2.48 bits per heavy atom. The summed E-state index contributed by atoms with van der Waals surface area (Å²) < 4.78 is 18.4. The van der Waals surface area contributed by atoms with Crippen molar-refractivity contribution < 1.29 is 23.5 Å².